The predicted octanol–water partition coefficient (Wildman–Crippen LogP) is 35.5. The van der Waals surface area contributed by atoms with Crippen LogP contribution in [-0.4, -0.2) is 43.6 Å². The van der Waals surface area contributed by atoms with Crippen molar-refractivity contribution in [3.8, 4) is 130 Å². The van der Waals surface area contributed by atoms with Crippen molar-refractivity contribution in [2.24, 2.45) is 0 Å². The molecule has 6 aromatic heterocycles. The number of fused-ring (bicyclic) bond motifs is 16. The smallest absolute Gasteiger partial charge is 0.161 e. The minimum absolute atomic E-state index is 0.702. The molecule has 29 aromatic rings. The average molecular weight is 1850 g/mol. The first-order valence-corrected chi connectivity index (χ1v) is 49.2. The normalized spacial score (nSPS) is 11.6. The van der Waals surface area contributed by atoms with Gasteiger partial charge in [-0.1, -0.05) is 394 Å². The zero-order valence-corrected chi connectivity index (χ0v) is 78.8. The Bertz CT molecular complexity index is 9930. The number of benzene rings is 23. The summed E-state index contributed by atoms with van der Waals surface area (Å²) in [7, 11) is 0. The van der Waals surface area contributed by atoms with Crippen LogP contribution in [0.5, 0.6) is 0 Å². The Kier molecular flexibility index (Phi) is 21.1. The van der Waals surface area contributed by atoms with Gasteiger partial charge in [-0.2, -0.15) is 0 Å². The largest absolute Gasteiger partial charge is 0.309 e. The molecule has 6 heterocycles. The monoisotopic (exact) mass is 1850 g/mol. The molecule has 0 amide bonds. The van der Waals surface area contributed by atoms with Crippen molar-refractivity contribution in [1.29, 1.82) is 0 Å². The maximum absolute atomic E-state index is 5.20. The quantitative estimate of drug-likeness (QED) is 0.114. The molecule has 0 unspecified atom stereocenters. The first-order chi connectivity index (χ1) is 71.8. The fourth-order valence-corrected chi connectivity index (χ4v) is 21.5. The van der Waals surface area contributed by atoms with Crippen molar-refractivity contribution in [1.82, 2.24) is 43.6 Å². The van der Waals surface area contributed by atoms with Gasteiger partial charge in [-0.15, -0.1) is 0 Å². The standard InChI is InChI=1S/C48H31N3.C46H29N3.C42H27N3/c1-4-14-32(15-5-1)37-24-25-40-42-28-35-20-10-11-21-36(35)29-47(42)51(46(40)30-37)45-27-26-41(38-22-12-13-23-39(38)45)48-49-43(33-16-6-2-7-17-33)31-44(50-48)34-18-8-3-9-19-34;1-3-11-33-25-37(19-17-30(33)9-1)42-29-43(38-20-18-31-10-2-4-12-34(31)26-38)48-46(47-42)32-21-23-39(24-22-32)49-44-16-8-7-15-40(44)41-27-35-13-5-6-14-36(35)28-45(41)49;1-3-13-28(14-4-1)37-27-38(29-15-5-2-6-16-29)44-42(43-37)35-23-24-40(33-20-10-9-19-32(33)35)45-39-22-12-11-21-34(39)36-25-30-17-7-8-18-31(30)26-41(36)45/h1-31H;1-29H;1-27H. The van der Waals surface area contributed by atoms with E-state index in [1.54, 1.807) is 0 Å². The lowest BCUT2D eigenvalue weighted by molar-refractivity contribution is 1.16. The molecule has 0 aliphatic heterocycles. The molecule has 9 heteroatoms. The van der Waals surface area contributed by atoms with Gasteiger partial charge < -0.3 is 13.7 Å². The molecule has 0 atom stereocenters. The third-order valence-corrected chi connectivity index (χ3v) is 28.5. The SMILES string of the molecule is c1ccc(-c2cc(-c3ccccc3)nc(-c3ccc(-n4c5ccccc5c5cc6ccccc6cc54)c4ccccc34)n2)cc1.c1ccc(-c2ccc3c4cc5ccccc5cc4n(-c4ccc(-c5nc(-c6ccccc6)cc(-c6ccccc6)n5)c5ccccc45)c3c2)cc1.c1ccc2cc(-c3cc(-c4ccc5ccccc5c4)nc(-c4ccc(-n5c6ccccc6c6cc7ccccc7cc65)cc4)n3)ccc2c1. The minimum Gasteiger partial charge on any atom is -0.309 e. The van der Waals surface area contributed by atoms with Gasteiger partial charge in [-0.05, 0) is 209 Å². The Morgan fingerprint density at radius 1 is 0.124 bits per heavy atom. The molecule has 145 heavy (non-hydrogen) atoms. The number of hydrogen-bond donors (Lipinski definition) is 0. The number of para-hydroxylation sites is 2. The van der Waals surface area contributed by atoms with Gasteiger partial charge in [0, 0.05) is 98.8 Å². The summed E-state index contributed by atoms with van der Waals surface area (Å²) >= 11 is 0. The zero-order valence-electron chi connectivity index (χ0n) is 78.8. The Morgan fingerprint density at radius 3 is 0.786 bits per heavy atom. The Morgan fingerprint density at radius 2 is 0.393 bits per heavy atom. The first-order valence-electron chi connectivity index (χ1n) is 49.2. The molecule has 23 aromatic carbocycles. The van der Waals surface area contributed by atoms with Gasteiger partial charge in [0.25, 0.3) is 0 Å². The van der Waals surface area contributed by atoms with E-state index in [1.807, 2.05) is 24.3 Å². The third kappa shape index (κ3) is 15.6. The van der Waals surface area contributed by atoms with Crippen LogP contribution in [0.1, 0.15) is 0 Å². The van der Waals surface area contributed by atoms with Gasteiger partial charge in [-0.25, -0.2) is 29.9 Å². The molecule has 0 bridgehead atoms. The highest BCUT2D eigenvalue weighted by Gasteiger charge is 2.25. The molecular weight excluding hydrogens is 1760 g/mol. The van der Waals surface area contributed by atoms with Crippen molar-refractivity contribution < 1.29 is 0 Å². The fourth-order valence-electron chi connectivity index (χ4n) is 21.5. The number of hydrogen-bond acceptors (Lipinski definition) is 6. The molecule has 0 aliphatic rings. The van der Waals surface area contributed by atoms with E-state index in [1.165, 1.54) is 130 Å². The van der Waals surface area contributed by atoms with Crippen LogP contribution in [0.3, 0.4) is 0 Å². The first kappa shape index (κ1) is 84.8. The summed E-state index contributed by atoms with van der Waals surface area (Å²) in [6, 6.07) is 187. The molecule has 0 saturated carbocycles. The Labute approximate surface area is 836 Å². The van der Waals surface area contributed by atoms with Crippen LogP contribution in [0.25, 0.3) is 271 Å². The summed E-state index contributed by atoms with van der Waals surface area (Å²) in [5.41, 5.74) is 27.7. The molecule has 0 N–H and O–H groups in total. The second-order valence-corrected chi connectivity index (χ2v) is 37.2. The topological polar surface area (TPSA) is 92.1 Å². The summed E-state index contributed by atoms with van der Waals surface area (Å²) < 4.78 is 7.24. The third-order valence-electron chi connectivity index (χ3n) is 28.5. The number of nitrogens with zero attached hydrogens (tertiary/aromatic N) is 9. The van der Waals surface area contributed by atoms with E-state index >= 15 is 0 Å². The van der Waals surface area contributed by atoms with Crippen LogP contribution in [0, 0.1) is 0 Å². The van der Waals surface area contributed by atoms with Crippen molar-refractivity contribution in [3.63, 3.8) is 0 Å². The van der Waals surface area contributed by atoms with E-state index in [2.05, 4.69) is 517 Å². The molecule has 676 valence electrons. The molecule has 0 spiro atoms. The maximum atomic E-state index is 5.20. The van der Waals surface area contributed by atoms with E-state index in [4.69, 9.17) is 29.9 Å². The Balaban J connectivity index is 0.000000108. The Hall–Kier alpha value is -19.5. The number of rotatable bonds is 13. The van der Waals surface area contributed by atoms with Gasteiger partial charge >= 0.3 is 0 Å². The van der Waals surface area contributed by atoms with Crippen LogP contribution in [0.15, 0.2) is 528 Å². The van der Waals surface area contributed by atoms with E-state index in [0.29, 0.717) is 17.5 Å². The molecule has 0 saturated heterocycles. The lowest BCUT2D eigenvalue weighted by Crippen LogP contribution is -1.99. The van der Waals surface area contributed by atoms with Gasteiger partial charge in [0.1, 0.15) is 0 Å². The van der Waals surface area contributed by atoms with Crippen molar-refractivity contribution in [3.05, 3.63) is 528 Å². The molecular formula is C136H87N9. The lowest BCUT2D eigenvalue weighted by Gasteiger charge is -2.16. The average Bonchev–Trinajstić information content (AvgIpc) is 1.18. The molecule has 29 rings (SSSR count). The molecule has 0 aliphatic carbocycles. The van der Waals surface area contributed by atoms with Gasteiger partial charge in [0.15, 0.2) is 17.5 Å². The fraction of sp³-hybridized carbons (Fsp3) is 0. The lowest BCUT2D eigenvalue weighted by atomic mass is 10.0. The summed E-state index contributed by atoms with van der Waals surface area (Å²) in [6.07, 6.45) is 0. The van der Waals surface area contributed by atoms with Gasteiger partial charge in [-0.3, -0.25) is 0 Å². The summed E-state index contributed by atoms with van der Waals surface area (Å²) in [5.74, 6) is 2.12. The van der Waals surface area contributed by atoms with E-state index < -0.39 is 0 Å². The molecule has 0 radical (unpaired) electrons. The summed E-state index contributed by atoms with van der Waals surface area (Å²) in [5, 5.41) is 24.2. The predicted molar refractivity (Wildman–Crippen MR) is 606 cm³/mol. The summed E-state index contributed by atoms with van der Waals surface area (Å²) in [6.45, 7) is 0. The highest BCUT2D eigenvalue weighted by molar-refractivity contribution is 6.19. The van der Waals surface area contributed by atoms with Crippen LogP contribution >= 0.6 is 0 Å². The summed E-state index contributed by atoms with van der Waals surface area (Å²) in [4.78, 5) is 31.1. The van der Waals surface area contributed by atoms with E-state index in [0.717, 1.165) is 123 Å². The van der Waals surface area contributed by atoms with Crippen molar-refractivity contribution in [2.45, 2.75) is 0 Å². The highest BCUT2D eigenvalue weighted by atomic mass is 15.0. The van der Waals surface area contributed by atoms with Crippen LogP contribution in [0.2, 0.25) is 0 Å². The maximum Gasteiger partial charge on any atom is 0.161 e. The van der Waals surface area contributed by atoms with Gasteiger partial charge in [0.05, 0.1) is 78.6 Å². The van der Waals surface area contributed by atoms with Crippen molar-refractivity contribution in [2.75, 3.05) is 0 Å². The van der Waals surface area contributed by atoms with E-state index in [-0.39, 0.29) is 0 Å². The van der Waals surface area contributed by atoms with Crippen LogP contribution in [-0.2, 0) is 0 Å². The zero-order chi connectivity index (χ0) is 95.8. The van der Waals surface area contributed by atoms with Crippen LogP contribution in [0.4, 0.5) is 0 Å². The number of aromatic nitrogens is 9. The van der Waals surface area contributed by atoms with Crippen LogP contribution < -0.4 is 0 Å². The second-order valence-electron chi connectivity index (χ2n) is 37.2. The van der Waals surface area contributed by atoms with Crippen molar-refractivity contribution >= 4 is 141 Å². The second kappa shape index (κ2) is 36.1. The highest BCUT2D eigenvalue weighted by Crippen LogP contribution is 2.46. The van der Waals surface area contributed by atoms with Gasteiger partial charge in [0.2, 0.25) is 0 Å². The molecule has 0 fully saturated rings. The van der Waals surface area contributed by atoms with E-state index in [9.17, 15) is 0 Å². The molecule has 9 nitrogen and oxygen atoms in total. The minimum atomic E-state index is 0.702.